The fourth-order valence-electron chi connectivity index (χ4n) is 4.12. The number of anilines is 1. The van der Waals surface area contributed by atoms with E-state index in [4.69, 9.17) is 16.6 Å². The molecule has 2 aromatic heterocycles. The van der Waals surface area contributed by atoms with Crippen LogP contribution in [0.4, 0.5) is 5.69 Å². The maximum Gasteiger partial charge on any atom is 0.263 e. The molecule has 0 fully saturated rings. The molecule has 0 spiro atoms. The van der Waals surface area contributed by atoms with Gasteiger partial charge >= 0.3 is 0 Å². The van der Waals surface area contributed by atoms with Crippen LogP contribution in [0, 0.1) is 0 Å². The molecular formula is C23H27ClN4O2S. The highest BCUT2D eigenvalue weighted by Gasteiger charge is 2.23. The van der Waals surface area contributed by atoms with E-state index in [1.54, 1.807) is 40.2 Å². The van der Waals surface area contributed by atoms with E-state index >= 15 is 0 Å². The van der Waals surface area contributed by atoms with Crippen molar-refractivity contribution in [3.63, 3.8) is 0 Å². The van der Waals surface area contributed by atoms with Gasteiger partial charge in [-0.05, 0) is 62.5 Å². The SMILES string of the molecule is CCN(CC)Cc1nc2sc3c(c2c(=O)n1CC(=O)Nc1cccc(Cl)c1)CCCC3. The summed E-state index contributed by atoms with van der Waals surface area (Å²) in [5.74, 6) is 0.372. The number of aryl methyl sites for hydroxylation is 2. The Morgan fingerprint density at radius 2 is 2.03 bits per heavy atom. The Bertz CT molecular complexity index is 1170. The van der Waals surface area contributed by atoms with Gasteiger partial charge in [-0.3, -0.25) is 19.1 Å². The first-order valence-corrected chi connectivity index (χ1v) is 12.0. The molecule has 0 saturated heterocycles. The van der Waals surface area contributed by atoms with Crippen LogP contribution in [0.15, 0.2) is 29.1 Å². The van der Waals surface area contributed by atoms with E-state index < -0.39 is 0 Å². The van der Waals surface area contributed by atoms with Crippen LogP contribution < -0.4 is 10.9 Å². The molecule has 1 aliphatic carbocycles. The molecule has 1 N–H and O–H groups in total. The number of aromatic nitrogens is 2. The number of carbonyl (C=O) groups is 1. The number of thiophene rings is 1. The fourth-order valence-corrected chi connectivity index (χ4v) is 5.58. The molecule has 6 nitrogen and oxygen atoms in total. The quantitative estimate of drug-likeness (QED) is 0.567. The van der Waals surface area contributed by atoms with Crippen LogP contribution in [-0.4, -0.2) is 33.4 Å². The zero-order valence-electron chi connectivity index (χ0n) is 17.9. The molecule has 0 unspecified atom stereocenters. The molecule has 0 bridgehead atoms. The molecule has 1 aliphatic rings. The maximum atomic E-state index is 13.6. The lowest BCUT2D eigenvalue weighted by Gasteiger charge is -2.20. The summed E-state index contributed by atoms with van der Waals surface area (Å²) in [6, 6.07) is 7.00. The van der Waals surface area contributed by atoms with Crippen molar-refractivity contribution in [3.8, 4) is 0 Å². The number of hydrogen-bond acceptors (Lipinski definition) is 5. The van der Waals surface area contributed by atoms with Crippen molar-refractivity contribution in [3.05, 3.63) is 55.9 Å². The van der Waals surface area contributed by atoms with Gasteiger partial charge in [-0.15, -0.1) is 11.3 Å². The van der Waals surface area contributed by atoms with Gasteiger partial charge in [0.2, 0.25) is 5.91 Å². The lowest BCUT2D eigenvalue weighted by atomic mass is 9.97. The van der Waals surface area contributed by atoms with Gasteiger partial charge in [0.05, 0.1) is 11.9 Å². The van der Waals surface area contributed by atoms with Crippen molar-refractivity contribution in [2.45, 2.75) is 52.6 Å². The Balaban J connectivity index is 1.74. The number of carbonyl (C=O) groups excluding carboxylic acids is 1. The van der Waals surface area contributed by atoms with Gasteiger partial charge < -0.3 is 5.32 Å². The van der Waals surface area contributed by atoms with Gasteiger partial charge in [-0.25, -0.2) is 4.98 Å². The molecule has 2 heterocycles. The third-order valence-corrected chi connectivity index (χ3v) is 7.24. The van der Waals surface area contributed by atoms with Gasteiger partial charge in [0.25, 0.3) is 5.56 Å². The second-order valence-electron chi connectivity index (χ2n) is 7.83. The lowest BCUT2D eigenvalue weighted by Crippen LogP contribution is -2.34. The van der Waals surface area contributed by atoms with Crippen molar-refractivity contribution in [1.29, 1.82) is 0 Å². The molecule has 0 saturated carbocycles. The standard InChI is InChI=1S/C23H27ClN4O2S/c1-3-27(4-2)13-19-26-22-21(17-10-5-6-11-18(17)31-22)23(30)28(19)14-20(29)25-16-9-7-8-15(24)12-16/h7-9,12H,3-6,10-11,13-14H2,1-2H3,(H,25,29). The Kier molecular flexibility index (Phi) is 6.74. The highest BCUT2D eigenvalue weighted by atomic mass is 35.5. The molecule has 1 amide bonds. The molecule has 0 aliphatic heterocycles. The summed E-state index contributed by atoms with van der Waals surface area (Å²) < 4.78 is 1.56. The highest BCUT2D eigenvalue weighted by molar-refractivity contribution is 7.18. The topological polar surface area (TPSA) is 67.2 Å². The predicted octanol–water partition coefficient (Wildman–Crippen LogP) is 4.47. The summed E-state index contributed by atoms with van der Waals surface area (Å²) in [6.45, 7) is 6.32. The molecule has 0 atom stereocenters. The van der Waals surface area contributed by atoms with Gasteiger partial charge in [0.15, 0.2) is 0 Å². The van der Waals surface area contributed by atoms with Gasteiger partial charge in [-0.1, -0.05) is 31.5 Å². The van der Waals surface area contributed by atoms with Crippen LogP contribution in [0.1, 0.15) is 43.0 Å². The predicted molar refractivity (Wildman–Crippen MR) is 127 cm³/mol. The number of fused-ring (bicyclic) bond motifs is 3. The normalized spacial score (nSPS) is 13.5. The molecular weight excluding hydrogens is 432 g/mol. The monoisotopic (exact) mass is 458 g/mol. The van der Waals surface area contributed by atoms with Crippen molar-refractivity contribution >= 4 is 44.7 Å². The van der Waals surface area contributed by atoms with Crippen molar-refractivity contribution in [2.24, 2.45) is 0 Å². The van der Waals surface area contributed by atoms with E-state index in [0.29, 0.717) is 28.5 Å². The average Bonchev–Trinajstić information content (AvgIpc) is 3.13. The molecule has 3 aromatic rings. The third-order valence-electron chi connectivity index (χ3n) is 5.82. The molecule has 164 valence electrons. The fraction of sp³-hybridized carbons (Fsp3) is 0.435. The summed E-state index contributed by atoms with van der Waals surface area (Å²) >= 11 is 7.67. The Morgan fingerprint density at radius 1 is 1.26 bits per heavy atom. The lowest BCUT2D eigenvalue weighted by molar-refractivity contribution is -0.116. The van der Waals surface area contributed by atoms with E-state index in [1.165, 1.54) is 4.88 Å². The smallest absolute Gasteiger partial charge is 0.263 e. The van der Waals surface area contributed by atoms with E-state index in [1.807, 2.05) is 0 Å². The maximum absolute atomic E-state index is 13.6. The number of benzene rings is 1. The van der Waals surface area contributed by atoms with Crippen molar-refractivity contribution < 1.29 is 4.79 Å². The average molecular weight is 459 g/mol. The Labute approximate surface area is 190 Å². The van der Waals surface area contributed by atoms with Crippen molar-refractivity contribution in [1.82, 2.24) is 14.5 Å². The first kappa shape index (κ1) is 22.0. The largest absolute Gasteiger partial charge is 0.324 e. The highest BCUT2D eigenvalue weighted by Crippen LogP contribution is 2.33. The van der Waals surface area contributed by atoms with Crippen LogP contribution in [0.25, 0.3) is 10.2 Å². The number of nitrogens with zero attached hydrogens (tertiary/aromatic N) is 3. The number of halogens is 1. The number of hydrogen-bond donors (Lipinski definition) is 1. The summed E-state index contributed by atoms with van der Waals surface area (Å²) in [5, 5.41) is 4.10. The third kappa shape index (κ3) is 4.68. The first-order chi connectivity index (χ1) is 15.0. The summed E-state index contributed by atoms with van der Waals surface area (Å²) in [7, 11) is 0. The molecule has 0 radical (unpaired) electrons. The molecule has 4 rings (SSSR count). The van der Waals surface area contributed by atoms with Crippen LogP contribution >= 0.6 is 22.9 Å². The van der Waals surface area contributed by atoms with Crippen LogP contribution in [-0.2, 0) is 30.7 Å². The van der Waals surface area contributed by atoms with Gasteiger partial charge in [0, 0.05) is 15.6 Å². The Hall–Kier alpha value is -2.22. The minimum absolute atomic E-state index is 0.0739. The van der Waals surface area contributed by atoms with Crippen LogP contribution in [0.3, 0.4) is 0 Å². The molecule has 8 heteroatoms. The second kappa shape index (κ2) is 9.51. The molecule has 1 aromatic carbocycles. The van der Waals surface area contributed by atoms with Crippen LogP contribution in [0.2, 0.25) is 5.02 Å². The summed E-state index contributed by atoms with van der Waals surface area (Å²) in [4.78, 5) is 35.6. The summed E-state index contributed by atoms with van der Waals surface area (Å²) in [6.07, 6.45) is 4.17. The van der Waals surface area contributed by atoms with E-state index in [-0.39, 0.29) is 18.0 Å². The van der Waals surface area contributed by atoms with E-state index in [2.05, 4.69) is 24.1 Å². The molecule has 31 heavy (non-hydrogen) atoms. The van der Waals surface area contributed by atoms with Gasteiger partial charge in [-0.2, -0.15) is 0 Å². The number of amides is 1. The minimum Gasteiger partial charge on any atom is -0.324 e. The van der Waals surface area contributed by atoms with Crippen molar-refractivity contribution in [2.75, 3.05) is 18.4 Å². The zero-order valence-corrected chi connectivity index (χ0v) is 19.5. The zero-order chi connectivity index (χ0) is 22.0. The minimum atomic E-state index is -0.268. The summed E-state index contributed by atoms with van der Waals surface area (Å²) in [5.41, 5.74) is 1.65. The second-order valence-corrected chi connectivity index (χ2v) is 9.35. The van der Waals surface area contributed by atoms with E-state index in [9.17, 15) is 9.59 Å². The Morgan fingerprint density at radius 3 is 2.77 bits per heavy atom. The number of nitrogens with one attached hydrogen (secondary N) is 1. The van der Waals surface area contributed by atoms with Crippen LogP contribution in [0.5, 0.6) is 0 Å². The van der Waals surface area contributed by atoms with E-state index in [0.717, 1.165) is 49.2 Å². The van der Waals surface area contributed by atoms with Gasteiger partial charge in [0.1, 0.15) is 17.2 Å². The number of rotatable bonds is 7. The first-order valence-electron chi connectivity index (χ1n) is 10.8.